The summed E-state index contributed by atoms with van der Waals surface area (Å²) in [5.74, 6) is -1.15. The lowest BCUT2D eigenvalue weighted by atomic mass is 10.0. The van der Waals surface area contributed by atoms with Gasteiger partial charge in [-0.2, -0.15) is 0 Å². The molecule has 0 saturated heterocycles. The van der Waals surface area contributed by atoms with E-state index in [0.29, 0.717) is 37.0 Å². The molecule has 9 heteroatoms. The average molecular weight is 499 g/mol. The van der Waals surface area contributed by atoms with E-state index in [0.717, 1.165) is 24.8 Å². The molecule has 0 saturated carbocycles. The van der Waals surface area contributed by atoms with Crippen LogP contribution in [0.15, 0.2) is 54.6 Å². The van der Waals surface area contributed by atoms with E-state index in [4.69, 9.17) is 9.94 Å². The second-order valence-electron chi connectivity index (χ2n) is 8.51. The Kier molecular flexibility index (Phi) is 12.7. The van der Waals surface area contributed by atoms with E-state index in [1.165, 1.54) is 0 Å². The molecule has 2 rings (SSSR count). The fraction of sp³-hybridized carbons (Fsp3) is 0.407. The Hall–Kier alpha value is -3.72. The fourth-order valence-corrected chi connectivity index (χ4v) is 3.67. The van der Waals surface area contributed by atoms with Gasteiger partial charge in [0.25, 0.3) is 0 Å². The quantitative estimate of drug-likeness (QED) is 0.148. The average Bonchev–Trinajstić information content (AvgIpc) is 2.87. The summed E-state index contributed by atoms with van der Waals surface area (Å²) in [7, 11) is 0. The summed E-state index contributed by atoms with van der Waals surface area (Å²) in [6.45, 7) is 0.280. The summed E-state index contributed by atoms with van der Waals surface area (Å²) < 4.78 is 5.71. The van der Waals surface area contributed by atoms with Crippen LogP contribution >= 0.6 is 0 Å². The van der Waals surface area contributed by atoms with Crippen molar-refractivity contribution in [2.24, 2.45) is 0 Å². The molecule has 0 aliphatic carbocycles. The summed E-state index contributed by atoms with van der Waals surface area (Å²) in [4.78, 5) is 46.9. The maximum atomic E-state index is 12.3. The van der Waals surface area contributed by atoms with Crippen LogP contribution in [0.2, 0.25) is 0 Å². The minimum atomic E-state index is -1.12. The molecular formula is C27H34N2O7. The minimum Gasteiger partial charge on any atom is -0.494 e. The normalized spacial score (nSPS) is 11.4. The maximum absolute atomic E-state index is 12.3. The first-order chi connectivity index (χ1) is 17.4. The minimum absolute atomic E-state index is 0.124. The van der Waals surface area contributed by atoms with Gasteiger partial charge in [0.05, 0.1) is 6.61 Å². The third-order valence-corrected chi connectivity index (χ3v) is 5.54. The van der Waals surface area contributed by atoms with Crippen LogP contribution in [0, 0.1) is 0 Å². The Morgan fingerprint density at radius 3 is 2.19 bits per heavy atom. The summed E-state index contributed by atoms with van der Waals surface area (Å²) in [5, 5.41) is 20.4. The number of aliphatic carboxylic acids is 1. The number of unbranched alkanes of at least 4 members (excludes halogenated alkanes) is 3. The van der Waals surface area contributed by atoms with Crippen LogP contribution in [-0.2, 0) is 25.6 Å². The van der Waals surface area contributed by atoms with Gasteiger partial charge in [-0.25, -0.2) is 10.3 Å². The molecule has 0 fully saturated rings. The van der Waals surface area contributed by atoms with E-state index >= 15 is 0 Å². The Labute approximate surface area is 210 Å². The number of carbonyl (C=O) groups excluding carboxylic acids is 3. The van der Waals surface area contributed by atoms with E-state index in [2.05, 4.69) is 5.32 Å². The summed E-state index contributed by atoms with van der Waals surface area (Å²) >= 11 is 0. The van der Waals surface area contributed by atoms with E-state index in [1.807, 2.05) is 12.1 Å². The molecule has 0 radical (unpaired) electrons. The van der Waals surface area contributed by atoms with Crippen molar-refractivity contribution in [2.75, 3.05) is 6.61 Å². The zero-order chi connectivity index (χ0) is 26.2. The molecular weight excluding hydrogens is 464 g/mol. The largest absolute Gasteiger partial charge is 0.494 e. The van der Waals surface area contributed by atoms with Crippen molar-refractivity contribution in [1.82, 2.24) is 10.8 Å². The van der Waals surface area contributed by atoms with Crippen LogP contribution in [0.5, 0.6) is 5.75 Å². The molecule has 0 heterocycles. The van der Waals surface area contributed by atoms with Crippen LogP contribution in [0.25, 0.3) is 0 Å². The van der Waals surface area contributed by atoms with E-state index in [-0.39, 0.29) is 31.1 Å². The molecule has 194 valence electrons. The number of carboxylic acid groups (broad SMARTS) is 1. The lowest BCUT2D eigenvalue weighted by Gasteiger charge is -2.15. The molecule has 2 aromatic rings. The standard InChI is InChI=1S/C27H34N2O7/c30-22(13-6-1-2-7-15-25(32)29-35)18-20-10-8-14-23(19-20)36-17-9-16-24(31)28-26(27(33)34)21-11-4-3-5-12-21/h3-5,8,10-12,14,19,26,35H,1-2,6-7,9,13,15-18H2,(H,28,31)(H,29,32)(H,33,34)/t26-/m0/s1. The van der Waals surface area contributed by atoms with E-state index in [9.17, 15) is 24.3 Å². The van der Waals surface area contributed by atoms with Crippen LogP contribution in [-0.4, -0.2) is 40.5 Å². The lowest BCUT2D eigenvalue weighted by molar-refractivity contribution is -0.142. The maximum Gasteiger partial charge on any atom is 0.330 e. The summed E-state index contributed by atoms with van der Waals surface area (Å²) in [6, 6.07) is 14.7. The lowest BCUT2D eigenvalue weighted by Crippen LogP contribution is -2.33. The van der Waals surface area contributed by atoms with E-state index in [1.54, 1.807) is 47.9 Å². The van der Waals surface area contributed by atoms with E-state index < -0.39 is 17.9 Å². The van der Waals surface area contributed by atoms with Gasteiger partial charge < -0.3 is 15.2 Å². The molecule has 2 aromatic carbocycles. The van der Waals surface area contributed by atoms with Crippen molar-refractivity contribution in [3.63, 3.8) is 0 Å². The van der Waals surface area contributed by atoms with Crippen molar-refractivity contribution < 1.29 is 34.2 Å². The van der Waals surface area contributed by atoms with Gasteiger partial charge in [0.15, 0.2) is 6.04 Å². The first-order valence-corrected chi connectivity index (χ1v) is 12.1. The van der Waals surface area contributed by atoms with Crippen LogP contribution < -0.4 is 15.5 Å². The highest BCUT2D eigenvalue weighted by Crippen LogP contribution is 2.16. The number of ether oxygens (including phenoxy) is 1. The smallest absolute Gasteiger partial charge is 0.330 e. The zero-order valence-corrected chi connectivity index (χ0v) is 20.3. The SMILES string of the molecule is O=C(CCCCCCC(=O)NO)Cc1cccc(OCCCC(=O)N[C@H](C(=O)O)c2ccccc2)c1. The number of hydroxylamine groups is 1. The van der Waals surface area contributed by atoms with Gasteiger partial charge in [-0.3, -0.25) is 19.6 Å². The van der Waals surface area contributed by atoms with Gasteiger partial charge in [-0.1, -0.05) is 55.3 Å². The third-order valence-electron chi connectivity index (χ3n) is 5.54. The number of hydrogen-bond acceptors (Lipinski definition) is 6. The second kappa shape index (κ2) is 16.0. The zero-order valence-electron chi connectivity index (χ0n) is 20.3. The molecule has 0 aliphatic heterocycles. The van der Waals surface area contributed by atoms with Crippen molar-refractivity contribution >= 4 is 23.6 Å². The molecule has 0 unspecified atom stereocenters. The van der Waals surface area contributed by atoms with Gasteiger partial charge in [0, 0.05) is 25.7 Å². The Balaban J connectivity index is 1.66. The number of ketones is 1. The predicted octanol–water partition coefficient (Wildman–Crippen LogP) is 3.75. The third kappa shape index (κ3) is 11.1. The van der Waals surface area contributed by atoms with Crippen molar-refractivity contribution in [1.29, 1.82) is 0 Å². The molecule has 36 heavy (non-hydrogen) atoms. The number of carbonyl (C=O) groups is 4. The highest BCUT2D eigenvalue weighted by Gasteiger charge is 2.21. The summed E-state index contributed by atoms with van der Waals surface area (Å²) in [6.07, 6.45) is 4.69. The van der Waals surface area contributed by atoms with Gasteiger partial charge in [-0.05, 0) is 42.5 Å². The molecule has 1 atom stereocenters. The van der Waals surface area contributed by atoms with Gasteiger partial charge >= 0.3 is 5.97 Å². The van der Waals surface area contributed by atoms with Gasteiger partial charge in [0.2, 0.25) is 11.8 Å². The number of hydrogen-bond donors (Lipinski definition) is 4. The highest BCUT2D eigenvalue weighted by atomic mass is 16.5. The first kappa shape index (κ1) is 28.5. The van der Waals surface area contributed by atoms with Crippen molar-refractivity contribution in [3.8, 4) is 5.75 Å². The van der Waals surface area contributed by atoms with Crippen LogP contribution in [0.1, 0.15) is 68.5 Å². The molecule has 0 spiro atoms. The number of nitrogens with one attached hydrogen (secondary N) is 2. The number of Topliss-reactive ketones (excluding diaryl/α,β-unsaturated/α-hetero) is 1. The Morgan fingerprint density at radius 1 is 0.806 bits per heavy atom. The summed E-state index contributed by atoms with van der Waals surface area (Å²) in [5.41, 5.74) is 2.96. The Bertz CT molecular complexity index is 995. The van der Waals surface area contributed by atoms with Gasteiger partial charge in [-0.15, -0.1) is 0 Å². The molecule has 0 aromatic heterocycles. The van der Waals surface area contributed by atoms with Crippen LogP contribution in [0.4, 0.5) is 0 Å². The first-order valence-electron chi connectivity index (χ1n) is 12.1. The van der Waals surface area contributed by atoms with Crippen molar-refractivity contribution in [3.05, 3.63) is 65.7 Å². The second-order valence-corrected chi connectivity index (χ2v) is 8.51. The monoisotopic (exact) mass is 498 g/mol. The highest BCUT2D eigenvalue weighted by molar-refractivity contribution is 5.84. The molecule has 0 bridgehead atoms. The van der Waals surface area contributed by atoms with Crippen molar-refractivity contribution in [2.45, 2.75) is 63.8 Å². The fourth-order valence-electron chi connectivity index (χ4n) is 3.67. The molecule has 0 aliphatic rings. The van der Waals surface area contributed by atoms with Crippen LogP contribution in [0.3, 0.4) is 0 Å². The van der Waals surface area contributed by atoms with Gasteiger partial charge in [0.1, 0.15) is 11.5 Å². The predicted molar refractivity (Wildman–Crippen MR) is 132 cm³/mol. The molecule has 9 nitrogen and oxygen atoms in total. The topological polar surface area (TPSA) is 142 Å². The number of benzene rings is 2. The number of carboxylic acids is 1. The molecule has 2 amide bonds. The number of amides is 2. The Morgan fingerprint density at radius 2 is 1.50 bits per heavy atom. The number of rotatable bonds is 17. The molecule has 4 N–H and O–H groups in total.